The molecule has 0 rings (SSSR count). The summed E-state index contributed by atoms with van der Waals surface area (Å²) in [6.07, 6.45) is -10.2. The molecule has 0 aliphatic heterocycles. The van der Waals surface area contributed by atoms with Gasteiger partial charge in [0, 0.05) is 13.1 Å². The molecule has 25 heavy (non-hydrogen) atoms. The second-order valence-corrected chi connectivity index (χ2v) is 4.41. The van der Waals surface area contributed by atoms with Crippen molar-refractivity contribution >= 4 is 17.9 Å². The van der Waals surface area contributed by atoms with Gasteiger partial charge < -0.3 is 26.4 Å². The summed E-state index contributed by atoms with van der Waals surface area (Å²) in [6.45, 7) is 4.75. The molecule has 0 radical (unpaired) electrons. The third-order valence-electron chi connectivity index (χ3n) is 1.93. The lowest BCUT2D eigenvalue weighted by atomic mass is 10.1. The maximum absolute atomic E-state index is 10.6. The van der Waals surface area contributed by atoms with Gasteiger partial charge >= 0.3 is 30.3 Å². The van der Waals surface area contributed by atoms with Gasteiger partial charge in [-0.2, -0.15) is 26.3 Å². The summed E-state index contributed by atoms with van der Waals surface area (Å²) in [5.41, 5.74) is 5.22. The average Bonchev–Trinajstić information content (AvgIpc) is 2.37. The molecule has 0 aromatic heterocycles. The van der Waals surface area contributed by atoms with Gasteiger partial charge in [0.05, 0.1) is 0 Å². The Hall–Kier alpha value is -2.09. The maximum atomic E-state index is 10.6. The number of nitrogens with two attached hydrogens (primary N) is 1. The summed E-state index contributed by atoms with van der Waals surface area (Å²) >= 11 is 0. The molecule has 0 amide bonds. The van der Waals surface area contributed by atoms with Crippen LogP contribution < -0.4 is 11.1 Å². The molecule has 6 N–H and O–H groups in total. The molecule has 0 aromatic carbocycles. The summed E-state index contributed by atoms with van der Waals surface area (Å²) in [4.78, 5) is 28.3. The lowest BCUT2D eigenvalue weighted by molar-refractivity contribution is -0.193. The first-order valence-electron chi connectivity index (χ1n) is 6.24. The fourth-order valence-electron chi connectivity index (χ4n) is 0.847. The number of rotatable bonds is 5. The van der Waals surface area contributed by atoms with Crippen molar-refractivity contribution in [1.29, 1.82) is 0 Å². The van der Waals surface area contributed by atoms with Gasteiger partial charge in [-0.15, -0.1) is 0 Å². The lowest BCUT2D eigenvalue weighted by Crippen LogP contribution is -2.43. The van der Waals surface area contributed by atoms with Crippen LogP contribution >= 0.6 is 0 Å². The zero-order valence-corrected chi connectivity index (χ0v) is 13.0. The smallest absolute Gasteiger partial charge is 0.480 e. The minimum absolute atomic E-state index is 0.0963. The van der Waals surface area contributed by atoms with Gasteiger partial charge in [0.1, 0.15) is 6.04 Å². The van der Waals surface area contributed by atoms with Crippen LogP contribution in [0, 0.1) is 5.92 Å². The molecule has 0 aliphatic carbocycles. The van der Waals surface area contributed by atoms with Crippen LogP contribution in [0.4, 0.5) is 26.3 Å². The van der Waals surface area contributed by atoms with E-state index in [0.717, 1.165) is 0 Å². The minimum atomic E-state index is -5.08. The maximum Gasteiger partial charge on any atom is 0.490 e. The minimum Gasteiger partial charge on any atom is -0.480 e. The average molecular weight is 388 g/mol. The third kappa shape index (κ3) is 18.1. The molecule has 150 valence electrons. The quantitative estimate of drug-likeness (QED) is 0.436. The van der Waals surface area contributed by atoms with Crippen molar-refractivity contribution < 1.29 is 56.0 Å². The number of nitrogens with one attached hydrogen (secondary N) is 1. The van der Waals surface area contributed by atoms with Gasteiger partial charge in [0.2, 0.25) is 0 Å². The highest BCUT2D eigenvalue weighted by Gasteiger charge is 2.38. The van der Waals surface area contributed by atoms with Crippen LogP contribution in [-0.4, -0.2) is 64.7 Å². The van der Waals surface area contributed by atoms with Crippen LogP contribution in [0.15, 0.2) is 0 Å². The molecule has 0 spiro atoms. The Morgan fingerprint density at radius 2 is 1.20 bits per heavy atom. The fourth-order valence-corrected chi connectivity index (χ4v) is 0.847. The highest BCUT2D eigenvalue weighted by atomic mass is 19.4. The Kier molecular flexibility index (Phi) is 13.6. The molecular formula is C11H18F6N2O6. The van der Waals surface area contributed by atoms with E-state index in [4.69, 9.17) is 30.6 Å². The van der Waals surface area contributed by atoms with Crippen LogP contribution in [0.1, 0.15) is 13.8 Å². The Balaban J connectivity index is -0.000000304. The molecular weight excluding hydrogens is 370 g/mol. The summed E-state index contributed by atoms with van der Waals surface area (Å²) < 4.78 is 63.5. The molecule has 0 unspecified atom stereocenters. The highest BCUT2D eigenvalue weighted by Crippen LogP contribution is 2.13. The van der Waals surface area contributed by atoms with Crippen molar-refractivity contribution in [2.75, 3.05) is 13.1 Å². The number of hydrogen-bond acceptors (Lipinski definition) is 5. The van der Waals surface area contributed by atoms with Crippen molar-refractivity contribution in [3.63, 3.8) is 0 Å². The van der Waals surface area contributed by atoms with Crippen molar-refractivity contribution in [3.05, 3.63) is 0 Å². The first-order valence-corrected chi connectivity index (χ1v) is 6.24. The first kappa shape index (κ1) is 27.7. The third-order valence-corrected chi connectivity index (χ3v) is 1.93. The lowest BCUT2D eigenvalue weighted by Gasteiger charge is -2.16. The van der Waals surface area contributed by atoms with Crippen LogP contribution in [0.2, 0.25) is 0 Å². The summed E-state index contributed by atoms with van der Waals surface area (Å²) in [6, 6.07) is -0.474. The largest absolute Gasteiger partial charge is 0.490 e. The zero-order valence-electron chi connectivity index (χ0n) is 13.0. The van der Waals surface area contributed by atoms with Crippen molar-refractivity contribution in [1.82, 2.24) is 5.32 Å². The van der Waals surface area contributed by atoms with Gasteiger partial charge in [-0.05, 0) is 5.92 Å². The first-order chi connectivity index (χ1) is 11.0. The zero-order chi connectivity index (χ0) is 21.0. The van der Waals surface area contributed by atoms with Crippen LogP contribution in [0.5, 0.6) is 0 Å². The van der Waals surface area contributed by atoms with Crippen molar-refractivity contribution in [2.45, 2.75) is 32.2 Å². The van der Waals surface area contributed by atoms with Crippen LogP contribution in [-0.2, 0) is 14.4 Å². The van der Waals surface area contributed by atoms with E-state index in [0.29, 0.717) is 13.1 Å². The standard InChI is InChI=1S/C7H16N2O2.2C2HF3O2/c1-5(2)6(7(10)11)9-4-3-8;2*3-2(4,5)1(6)7/h5-6,9H,3-4,8H2,1-2H3,(H,10,11);2*(H,6,7)/t6-;;/m1../s1. The number of alkyl halides is 6. The van der Waals surface area contributed by atoms with Crippen LogP contribution in [0.3, 0.4) is 0 Å². The molecule has 0 aliphatic rings. The fraction of sp³-hybridized carbons (Fsp3) is 0.727. The molecule has 0 fully saturated rings. The number of carboxylic acids is 3. The Labute approximate surface area is 137 Å². The molecule has 1 atom stereocenters. The van der Waals surface area contributed by atoms with E-state index >= 15 is 0 Å². The predicted octanol–water partition coefficient (Wildman–Crippen LogP) is 0.911. The van der Waals surface area contributed by atoms with Crippen LogP contribution in [0.25, 0.3) is 0 Å². The molecule has 0 bridgehead atoms. The highest BCUT2D eigenvalue weighted by molar-refractivity contribution is 5.74. The molecule has 0 saturated carbocycles. The predicted molar refractivity (Wildman–Crippen MR) is 70.7 cm³/mol. The second kappa shape index (κ2) is 12.3. The molecule has 0 saturated heterocycles. The van der Waals surface area contributed by atoms with E-state index in [1.807, 2.05) is 13.8 Å². The molecule has 0 heterocycles. The van der Waals surface area contributed by atoms with E-state index in [2.05, 4.69) is 5.32 Å². The monoisotopic (exact) mass is 388 g/mol. The van der Waals surface area contributed by atoms with Crippen molar-refractivity contribution in [3.8, 4) is 0 Å². The Morgan fingerprint density at radius 3 is 1.32 bits per heavy atom. The number of carbonyl (C=O) groups is 3. The van der Waals surface area contributed by atoms with Crippen molar-refractivity contribution in [2.24, 2.45) is 11.7 Å². The Bertz CT molecular complexity index is 400. The number of hydrogen-bond donors (Lipinski definition) is 5. The SMILES string of the molecule is CC(C)[C@@H](NCCN)C(=O)O.O=C(O)C(F)(F)F.O=C(O)C(F)(F)F. The van der Waals surface area contributed by atoms with E-state index in [1.54, 1.807) is 0 Å². The van der Waals surface area contributed by atoms with Gasteiger partial charge in [0.15, 0.2) is 0 Å². The van der Waals surface area contributed by atoms with Gasteiger partial charge in [-0.25, -0.2) is 9.59 Å². The summed E-state index contributed by atoms with van der Waals surface area (Å²) in [7, 11) is 0. The summed E-state index contributed by atoms with van der Waals surface area (Å²) in [5, 5.41) is 25.8. The second-order valence-electron chi connectivity index (χ2n) is 4.41. The van der Waals surface area contributed by atoms with Gasteiger partial charge in [0.25, 0.3) is 0 Å². The normalized spacial score (nSPS) is 12.2. The molecule has 0 aromatic rings. The number of carboxylic acid groups (broad SMARTS) is 3. The van der Waals surface area contributed by atoms with E-state index in [9.17, 15) is 31.1 Å². The topological polar surface area (TPSA) is 150 Å². The Morgan fingerprint density at radius 1 is 0.920 bits per heavy atom. The number of halogens is 6. The van der Waals surface area contributed by atoms with E-state index < -0.39 is 36.3 Å². The summed E-state index contributed by atoms with van der Waals surface area (Å²) in [5.74, 6) is -6.23. The molecule has 14 heteroatoms. The van der Waals surface area contributed by atoms with E-state index in [1.165, 1.54) is 0 Å². The van der Waals surface area contributed by atoms with Gasteiger partial charge in [-0.1, -0.05) is 13.8 Å². The van der Waals surface area contributed by atoms with Gasteiger partial charge in [-0.3, -0.25) is 4.79 Å². The number of aliphatic carboxylic acids is 3. The molecule has 8 nitrogen and oxygen atoms in total. The van der Waals surface area contributed by atoms with E-state index in [-0.39, 0.29) is 5.92 Å².